The molecule has 1 rings (SSSR count). The summed E-state index contributed by atoms with van der Waals surface area (Å²) >= 11 is 14.1. The summed E-state index contributed by atoms with van der Waals surface area (Å²) in [6.45, 7) is 0. The van der Waals surface area contributed by atoms with Gasteiger partial charge in [-0.1, -0.05) is 6.07 Å². The molecule has 2 nitrogen and oxygen atoms in total. The number of hydrogen-bond acceptors (Lipinski definition) is 2. The monoisotopic (exact) mass is 269 g/mol. The number of halogens is 3. The summed E-state index contributed by atoms with van der Waals surface area (Å²) in [5, 5.41) is 9.68. The van der Waals surface area contributed by atoms with Gasteiger partial charge in [0, 0.05) is 18.0 Å². The molecule has 1 unspecified atom stereocenters. The second kappa shape index (κ2) is 3.92. The van der Waals surface area contributed by atoms with Gasteiger partial charge in [-0.25, -0.2) is 0 Å². The number of alkyl halides is 3. The predicted octanol–water partition coefficient (Wildman–Crippen LogP) is 2.43. The zero-order valence-electron chi connectivity index (χ0n) is 5.92. The van der Waals surface area contributed by atoms with Crippen molar-refractivity contribution in [3.63, 3.8) is 0 Å². The molecular weight excluding hydrogens is 265 g/mol. The van der Waals surface area contributed by atoms with Crippen LogP contribution >= 0.6 is 39.1 Å². The number of aliphatic hydroxyl groups is 1. The van der Waals surface area contributed by atoms with Crippen molar-refractivity contribution in [3.05, 3.63) is 30.1 Å². The normalized spacial score (nSPS) is 16.1. The summed E-state index contributed by atoms with van der Waals surface area (Å²) in [6, 6.07) is 3.37. The third-order valence-electron chi connectivity index (χ3n) is 1.36. The number of hydrogen-bond donors (Lipinski definition) is 1. The highest BCUT2D eigenvalue weighted by atomic mass is 79.9. The Bertz CT molecular complexity index is 253. The standard InChI is InChI=1S/C7H6BrCl2NO/c8-7(12,6(9)10)5-2-1-3-11-4-5/h1-4,6,12H. The SMILES string of the molecule is OC(Br)(c1cccnc1)C(Cl)Cl. The molecule has 0 radical (unpaired) electrons. The van der Waals surface area contributed by atoms with E-state index in [-0.39, 0.29) is 0 Å². The zero-order chi connectivity index (χ0) is 9.19. The maximum absolute atomic E-state index is 9.68. The molecule has 12 heavy (non-hydrogen) atoms. The van der Waals surface area contributed by atoms with Gasteiger partial charge in [0.15, 0.2) is 9.35 Å². The average molecular weight is 271 g/mol. The first-order chi connectivity index (χ1) is 5.55. The minimum Gasteiger partial charge on any atom is -0.372 e. The van der Waals surface area contributed by atoms with E-state index < -0.39 is 9.35 Å². The lowest BCUT2D eigenvalue weighted by Crippen LogP contribution is -2.25. The fourth-order valence-electron chi connectivity index (χ4n) is 0.696. The van der Waals surface area contributed by atoms with Crippen LogP contribution in [0.2, 0.25) is 0 Å². The first-order valence-electron chi connectivity index (χ1n) is 3.15. The lowest BCUT2D eigenvalue weighted by atomic mass is 10.2. The van der Waals surface area contributed by atoms with Crippen molar-refractivity contribution in [1.82, 2.24) is 4.98 Å². The van der Waals surface area contributed by atoms with Crippen LogP contribution in [0.1, 0.15) is 5.56 Å². The molecular formula is C7H6BrCl2NO. The van der Waals surface area contributed by atoms with Crippen LogP contribution in [0.5, 0.6) is 0 Å². The van der Waals surface area contributed by atoms with Crippen molar-refractivity contribution in [3.8, 4) is 0 Å². The minimum absolute atomic E-state index is 0.528. The van der Waals surface area contributed by atoms with E-state index in [1.807, 2.05) is 0 Å². The molecule has 0 aliphatic carbocycles. The number of rotatable bonds is 2. The van der Waals surface area contributed by atoms with Crippen molar-refractivity contribution in [2.45, 2.75) is 9.35 Å². The van der Waals surface area contributed by atoms with E-state index in [1.165, 1.54) is 6.20 Å². The van der Waals surface area contributed by atoms with Crippen molar-refractivity contribution in [2.75, 3.05) is 0 Å². The molecule has 1 atom stereocenters. The maximum atomic E-state index is 9.68. The molecule has 0 bridgehead atoms. The number of pyridine rings is 1. The van der Waals surface area contributed by atoms with Gasteiger partial charge < -0.3 is 5.11 Å². The molecule has 0 aliphatic heterocycles. The molecule has 0 saturated carbocycles. The molecule has 0 amide bonds. The Hall–Kier alpha value is 0.170. The molecule has 1 aromatic rings. The van der Waals surface area contributed by atoms with Crippen molar-refractivity contribution in [2.24, 2.45) is 0 Å². The van der Waals surface area contributed by atoms with E-state index in [0.717, 1.165) is 0 Å². The van der Waals surface area contributed by atoms with E-state index >= 15 is 0 Å². The van der Waals surface area contributed by atoms with Crippen molar-refractivity contribution < 1.29 is 5.11 Å². The van der Waals surface area contributed by atoms with E-state index in [9.17, 15) is 5.11 Å². The van der Waals surface area contributed by atoms with Crippen LogP contribution in [0.15, 0.2) is 24.5 Å². The summed E-state index contributed by atoms with van der Waals surface area (Å²) in [6.07, 6.45) is 3.09. The Kier molecular flexibility index (Phi) is 3.35. The third-order valence-corrected chi connectivity index (χ3v) is 3.43. The summed E-state index contributed by atoms with van der Waals surface area (Å²) < 4.78 is -1.43. The highest BCUT2D eigenvalue weighted by Crippen LogP contribution is 2.36. The van der Waals surface area contributed by atoms with Crippen LogP contribution in [0.3, 0.4) is 0 Å². The Morgan fingerprint density at radius 3 is 2.67 bits per heavy atom. The molecule has 1 aromatic heterocycles. The minimum atomic E-state index is -1.43. The number of aromatic nitrogens is 1. The largest absolute Gasteiger partial charge is 0.372 e. The summed E-state index contributed by atoms with van der Waals surface area (Å²) in [7, 11) is 0. The molecule has 1 heterocycles. The Labute approximate surface area is 88.6 Å². The van der Waals surface area contributed by atoms with Crippen LogP contribution in [-0.4, -0.2) is 14.9 Å². The first-order valence-corrected chi connectivity index (χ1v) is 4.81. The second-order valence-electron chi connectivity index (χ2n) is 2.22. The van der Waals surface area contributed by atoms with Gasteiger partial charge in [-0.15, -0.1) is 23.2 Å². The fraction of sp³-hybridized carbons (Fsp3) is 0.286. The van der Waals surface area contributed by atoms with Gasteiger partial charge in [-0.2, -0.15) is 0 Å². The van der Waals surface area contributed by atoms with Crippen molar-refractivity contribution >= 4 is 39.1 Å². The summed E-state index contributed by atoms with van der Waals surface area (Å²) in [5.74, 6) is 0. The molecule has 0 saturated heterocycles. The Morgan fingerprint density at radius 2 is 2.25 bits per heavy atom. The molecule has 0 spiro atoms. The third kappa shape index (κ3) is 2.10. The fourth-order valence-corrected chi connectivity index (χ4v) is 1.18. The first kappa shape index (κ1) is 10.3. The van der Waals surface area contributed by atoms with Crippen LogP contribution in [0.25, 0.3) is 0 Å². The summed E-state index contributed by atoms with van der Waals surface area (Å²) in [4.78, 5) is 2.88. The van der Waals surface area contributed by atoms with E-state index in [0.29, 0.717) is 5.56 Å². The Morgan fingerprint density at radius 1 is 1.58 bits per heavy atom. The molecule has 0 fully saturated rings. The van der Waals surface area contributed by atoms with Crippen LogP contribution in [0.4, 0.5) is 0 Å². The zero-order valence-corrected chi connectivity index (χ0v) is 9.01. The second-order valence-corrected chi connectivity index (χ2v) is 4.52. The van der Waals surface area contributed by atoms with Gasteiger partial charge in [0.1, 0.15) is 0 Å². The van der Waals surface area contributed by atoms with E-state index in [1.54, 1.807) is 18.3 Å². The van der Waals surface area contributed by atoms with Gasteiger partial charge >= 0.3 is 0 Å². The number of nitrogens with zero attached hydrogens (tertiary/aromatic N) is 1. The molecule has 0 aromatic carbocycles. The molecule has 5 heteroatoms. The predicted molar refractivity (Wildman–Crippen MR) is 52.6 cm³/mol. The summed E-state index contributed by atoms with van der Waals surface area (Å²) in [5.41, 5.74) is 0.528. The van der Waals surface area contributed by atoms with E-state index in [4.69, 9.17) is 23.2 Å². The lowest BCUT2D eigenvalue weighted by molar-refractivity contribution is 0.160. The maximum Gasteiger partial charge on any atom is 0.176 e. The van der Waals surface area contributed by atoms with Gasteiger partial charge in [-0.3, -0.25) is 4.98 Å². The van der Waals surface area contributed by atoms with Gasteiger partial charge in [0.05, 0.1) is 0 Å². The van der Waals surface area contributed by atoms with Gasteiger partial charge in [0.25, 0.3) is 0 Å². The van der Waals surface area contributed by atoms with Crippen LogP contribution in [0, 0.1) is 0 Å². The van der Waals surface area contributed by atoms with Crippen molar-refractivity contribution in [1.29, 1.82) is 0 Å². The topological polar surface area (TPSA) is 33.1 Å². The highest BCUT2D eigenvalue weighted by Gasteiger charge is 2.33. The average Bonchev–Trinajstić information content (AvgIpc) is 2.06. The highest BCUT2D eigenvalue weighted by molar-refractivity contribution is 9.09. The lowest BCUT2D eigenvalue weighted by Gasteiger charge is -2.21. The quantitative estimate of drug-likeness (QED) is 0.838. The van der Waals surface area contributed by atoms with Crippen LogP contribution in [-0.2, 0) is 4.51 Å². The Balaban J connectivity index is 2.98. The van der Waals surface area contributed by atoms with Crippen LogP contribution < -0.4 is 0 Å². The van der Waals surface area contributed by atoms with E-state index in [2.05, 4.69) is 20.9 Å². The molecule has 1 N–H and O–H groups in total. The smallest absolute Gasteiger partial charge is 0.176 e. The van der Waals surface area contributed by atoms with Gasteiger partial charge in [-0.05, 0) is 22.0 Å². The molecule has 0 aliphatic rings. The molecule has 66 valence electrons. The van der Waals surface area contributed by atoms with Gasteiger partial charge in [0.2, 0.25) is 0 Å².